The lowest BCUT2D eigenvalue weighted by Gasteiger charge is -2.13. The van der Waals surface area contributed by atoms with Gasteiger partial charge in [0.15, 0.2) is 0 Å². The number of aryl methyl sites for hydroxylation is 2. The van der Waals surface area contributed by atoms with E-state index >= 15 is 0 Å². The van der Waals surface area contributed by atoms with Crippen LogP contribution in [0.4, 0.5) is 5.69 Å². The Bertz CT molecular complexity index is 1190. The molecule has 7 heteroatoms. The van der Waals surface area contributed by atoms with Gasteiger partial charge in [0.2, 0.25) is 0 Å². The van der Waals surface area contributed by atoms with Crippen molar-refractivity contribution in [2.45, 2.75) is 25.2 Å². The fraction of sp³-hybridized carbons (Fsp3) is 0.208. The number of sulfonamides is 1. The van der Waals surface area contributed by atoms with Crippen LogP contribution >= 0.6 is 0 Å². The van der Waals surface area contributed by atoms with Crippen LogP contribution in [0.3, 0.4) is 0 Å². The molecule has 0 radical (unpaired) electrons. The molecule has 0 atom stereocenters. The number of para-hydroxylation sites is 1. The molecule has 162 valence electrons. The first-order valence-electron chi connectivity index (χ1n) is 9.90. The van der Waals surface area contributed by atoms with Crippen molar-refractivity contribution < 1.29 is 17.9 Å². The zero-order valence-electron chi connectivity index (χ0n) is 17.8. The van der Waals surface area contributed by atoms with Gasteiger partial charge in [-0.2, -0.15) is 0 Å². The third-order valence-electron chi connectivity index (χ3n) is 4.91. The highest BCUT2D eigenvalue weighted by Crippen LogP contribution is 2.21. The van der Waals surface area contributed by atoms with E-state index in [0.717, 1.165) is 16.9 Å². The molecule has 0 aromatic heterocycles. The second-order valence-electron chi connectivity index (χ2n) is 7.27. The van der Waals surface area contributed by atoms with Crippen molar-refractivity contribution in [3.63, 3.8) is 0 Å². The summed E-state index contributed by atoms with van der Waals surface area (Å²) >= 11 is 0. The first-order valence-corrected chi connectivity index (χ1v) is 11.4. The highest BCUT2D eigenvalue weighted by Gasteiger charge is 2.18. The number of nitrogens with one attached hydrogen (secondary N) is 2. The molecule has 2 N–H and O–H groups in total. The lowest BCUT2D eigenvalue weighted by Crippen LogP contribution is -2.27. The monoisotopic (exact) mass is 438 g/mol. The summed E-state index contributed by atoms with van der Waals surface area (Å²) in [6.45, 7) is 4.06. The number of amides is 1. The van der Waals surface area contributed by atoms with Gasteiger partial charge in [-0.3, -0.25) is 9.52 Å². The molecule has 0 aliphatic heterocycles. The Morgan fingerprint density at radius 2 is 1.74 bits per heavy atom. The van der Waals surface area contributed by atoms with Crippen molar-refractivity contribution in [2.75, 3.05) is 18.4 Å². The molecule has 0 fully saturated rings. The molecule has 3 rings (SSSR count). The van der Waals surface area contributed by atoms with E-state index in [-0.39, 0.29) is 10.8 Å². The minimum absolute atomic E-state index is 0.0366. The topological polar surface area (TPSA) is 84.5 Å². The SMILES string of the molecule is COc1ccccc1CCNC(=O)c1cc(S(=O)(=O)Nc2cccc(C)c2)ccc1C. The summed E-state index contributed by atoms with van der Waals surface area (Å²) in [6.07, 6.45) is 0.599. The van der Waals surface area contributed by atoms with Crippen LogP contribution in [-0.4, -0.2) is 28.0 Å². The maximum absolute atomic E-state index is 12.8. The van der Waals surface area contributed by atoms with Gasteiger partial charge in [-0.05, 0) is 67.3 Å². The number of ether oxygens (including phenoxy) is 1. The standard InChI is InChI=1S/C24H26N2O4S/c1-17-7-6-9-20(15-17)26-31(28,29)21-12-11-18(2)22(16-21)24(27)25-14-13-19-8-4-5-10-23(19)30-3/h4-12,15-16,26H,13-14H2,1-3H3,(H,25,27). The molecular weight excluding hydrogens is 412 g/mol. The van der Waals surface area contributed by atoms with Crippen LogP contribution in [0.1, 0.15) is 27.0 Å². The fourth-order valence-electron chi connectivity index (χ4n) is 3.25. The molecular formula is C24H26N2O4S. The largest absolute Gasteiger partial charge is 0.496 e. The lowest BCUT2D eigenvalue weighted by atomic mass is 10.1. The molecule has 0 spiro atoms. The lowest BCUT2D eigenvalue weighted by molar-refractivity contribution is 0.0953. The summed E-state index contributed by atoms with van der Waals surface area (Å²) in [5.74, 6) is 0.447. The van der Waals surface area contributed by atoms with Gasteiger partial charge < -0.3 is 10.1 Å². The maximum Gasteiger partial charge on any atom is 0.261 e. The molecule has 0 bridgehead atoms. The van der Waals surface area contributed by atoms with E-state index in [1.807, 2.05) is 37.3 Å². The summed E-state index contributed by atoms with van der Waals surface area (Å²) in [6, 6.07) is 19.3. The van der Waals surface area contributed by atoms with Crippen molar-refractivity contribution >= 4 is 21.6 Å². The first-order chi connectivity index (χ1) is 14.8. The average molecular weight is 439 g/mol. The van der Waals surface area contributed by atoms with Crippen molar-refractivity contribution in [2.24, 2.45) is 0 Å². The predicted molar refractivity (Wildman–Crippen MR) is 122 cm³/mol. The zero-order chi connectivity index (χ0) is 22.4. The predicted octanol–water partition coefficient (Wildman–Crippen LogP) is 4.09. The molecule has 31 heavy (non-hydrogen) atoms. The Labute approximate surface area is 183 Å². The molecule has 0 saturated carbocycles. The third-order valence-corrected chi connectivity index (χ3v) is 6.29. The van der Waals surface area contributed by atoms with Crippen molar-refractivity contribution in [1.82, 2.24) is 5.32 Å². The van der Waals surface area contributed by atoms with Crippen molar-refractivity contribution in [1.29, 1.82) is 0 Å². The van der Waals surface area contributed by atoms with Crippen LogP contribution in [0, 0.1) is 13.8 Å². The van der Waals surface area contributed by atoms with Gasteiger partial charge in [0.05, 0.1) is 12.0 Å². The van der Waals surface area contributed by atoms with Gasteiger partial charge in [-0.25, -0.2) is 8.42 Å². The molecule has 0 saturated heterocycles. The summed E-state index contributed by atoms with van der Waals surface area (Å²) in [5, 5.41) is 2.87. The molecule has 3 aromatic carbocycles. The number of rotatable bonds is 8. The van der Waals surface area contributed by atoms with Gasteiger partial charge in [0, 0.05) is 17.8 Å². The Morgan fingerprint density at radius 3 is 2.48 bits per heavy atom. The van der Waals surface area contributed by atoms with Crippen LogP contribution in [0.2, 0.25) is 0 Å². The summed E-state index contributed by atoms with van der Waals surface area (Å²) < 4.78 is 33.5. The van der Waals surface area contributed by atoms with Crippen LogP contribution < -0.4 is 14.8 Å². The highest BCUT2D eigenvalue weighted by molar-refractivity contribution is 7.92. The van der Waals surface area contributed by atoms with Gasteiger partial charge in [-0.1, -0.05) is 36.4 Å². The van der Waals surface area contributed by atoms with E-state index < -0.39 is 10.0 Å². The number of hydrogen-bond donors (Lipinski definition) is 2. The maximum atomic E-state index is 12.8. The van der Waals surface area contributed by atoms with E-state index in [0.29, 0.717) is 29.8 Å². The number of hydrogen-bond acceptors (Lipinski definition) is 4. The average Bonchev–Trinajstić information content (AvgIpc) is 2.74. The summed E-state index contributed by atoms with van der Waals surface area (Å²) in [5.41, 5.74) is 3.43. The summed E-state index contributed by atoms with van der Waals surface area (Å²) in [7, 11) is -2.21. The second kappa shape index (κ2) is 9.66. The van der Waals surface area contributed by atoms with Crippen molar-refractivity contribution in [3.05, 3.63) is 89.0 Å². The van der Waals surface area contributed by atoms with Crippen LogP contribution in [0.15, 0.2) is 71.6 Å². The van der Waals surface area contributed by atoms with Crippen LogP contribution in [-0.2, 0) is 16.4 Å². The van der Waals surface area contributed by atoms with Gasteiger partial charge in [0.25, 0.3) is 15.9 Å². The van der Waals surface area contributed by atoms with E-state index in [9.17, 15) is 13.2 Å². The molecule has 0 aliphatic carbocycles. The second-order valence-corrected chi connectivity index (χ2v) is 8.95. The smallest absolute Gasteiger partial charge is 0.261 e. The summed E-state index contributed by atoms with van der Waals surface area (Å²) in [4.78, 5) is 12.8. The molecule has 1 amide bonds. The van der Waals surface area contributed by atoms with Crippen LogP contribution in [0.25, 0.3) is 0 Å². The number of carbonyl (C=O) groups is 1. The normalized spacial score (nSPS) is 11.1. The van der Waals surface area contributed by atoms with Crippen molar-refractivity contribution in [3.8, 4) is 5.75 Å². The third kappa shape index (κ3) is 5.64. The Hall–Kier alpha value is -3.32. The van der Waals surface area contributed by atoms with E-state index in [4.69, 9.17) is 4.74 Å². The van der Waals surface area contributed by atoms with Gasteiger partial charge in [-0.15, -0.1) is 0 Å². The molecule has 0 heterocycles. The van der Waals surface area contributed by atoms with E-state index in [1.54, 1.807) is 38.3 Å². The van der Waals surface area contributed by atoms with Crippen LogP contribution in [0.5, 0.6) is 5.75 Å². The molecule has 0 unspecified atom stereocenters. The molecule has 3 aromatic rings. The Balaban J connectivity index is 1.73. The number of anilines is 1. The molecule has 6 nitrogen and oxygen atoms in total. The highest BCUT2D eigenvalue weighted by atomic mass is 32.2. The van der Waals surface area contributed by atoms with E-state index in [1.165, 1.54) is 12.1 Å². The fourth-order valence-corrected chi connectivity index (χ4v) is 4.33. The number of benzene rings is 3. The number of carbonyl (C=O) groups excluding carboxylic acids is 1. The number of methoxy groups -OCH3 is 1. The molecule has 0 aliphatic rings. The van der Waals surface area contributed by atoms with Gasteiger partial charge >= 0.3 is 0 Å². The van der Waals surface area contributed by atoms with E-state index in [2.05, 4.69) is 10.0 Å². The quantitative estimate of drug-likeness (QED) is 0.555. The van der Waals surface area contributed by atoms with Gasteiger partial charge in [0.1, 0.15) is 5.75 Å². The zero-order valence-corrected chi connectivity index (χ0v) is 18.6. The minimum atomic E-state index is -3.82. The Kier molecular flexibility index (Phi) is 6.97. The first kappa shape index (κ1) is 22.4. The minimum Gasteiger partial charge on any atom is -0.496 e. The Morgan fingerprint density at radius 1 is 0.968 bits per heavy atom.